The van der Waals surface area contributed by atoms with Gasteiger partial charge in [0.25, 0.3) is 0 Å². The average Bonchev–Trinajstić information content (AvgIpc) is 3.17. The number of sulfonamides is 1. The molecule has 1 N–H and O–H groups in total. The van der Waals surface area contributed by atoms with Crippen LogP contribution in [0.4, 0.5) is 10.5 Å². The van der Waals surface area contributed by atoms with Gasteiger partial charge in [-0.05, 0) is 36.4 Å². The van der Waals surface area contributed by atoms with Crippen LogP contribution < -0.4 is 19.1 Å². The molecule has 0 spiro atoms. The van der Waals surface area contributed by atoms with Crippen molar-refractivity contribution in [2.75, 3.05) is 37.8 Å². The maximum atomic E-state index is 12.4. The van der Waals surface area contributed by atoms with E-state index < -0.39 is 10.0 Å². The Labute approximate surface area is 168 Å². The molecule has 2 aromatic rings. The minimum Gasteiger partial charge on any atom is -0.486 e. The van der Waals surface area contributed by atoms with Crippen molar-refractivity contribution >= 4 is 21.8 Å². The number of rotatable bonds is 4. The number of hydrogen-bond donors (Lipinski definition) is 1. The highest BCUT2D eigenvalue weighted by Crippen LogP contribution is 2.32. The van der Waals surface area contributed by atoms with E-state index in [1.807, 2.05) is 0 Å². The Kier molecular flexibility index (Phi) is 5.29. The summed E-state index contributed by atoms with van der Waals surface area (Å²) in [5.41, 5.74) is 1.44. The number of nitrogens with zero attached hydrogens (tertiary/aromatic N) is 1. The van der Waals surface area contributed by atoms with E-state index in [-0.39, 0.29) is 17.5 Å². The van der Waals surface area contributed by atoms with Crippen molar-refractivity contribution in [3.05, 3.63) is 48.0 Å². The Morgan fingerprint density at radius 3 is 2.45 bits per heavy atom. The number of benzene rings is 2. The SMILES string of the molecule is O=C1OCCN1c1ccc(C#CCNS(=O)(=O)c2ccc3c(c2)OCCO3)cc1. The van der Waals surface area contributed by atoms with Crippen LogP contribution in [-0.4, -0.2) is 47.4 Å². The first-order valence-corrected chi connectivity index (χ1v) is 10.4. The molecular formula is C20H18N2O6S. The lowest BCUT2D eigenvalue weighted by atomic mass is 10.2. The fourth-order valence-electron chi connectivity index (χ4n) is 2.90. The molecule has 29 heavy (non-hydrogen) atoms. The molecule has 0 atom stereocenters. The number of amides is 1. The van der Waals surface area contributed by atoms with Crippen LogP contribution in [0.2, 0.25) is 0 Å². The Bertz CT molecular complexity index is 1090. The highest BCUT2D eigenvalue weighted by atomic mass is 32.2. The van der Waals surface area contributed by atoms with Gasteiger partial charge >= 0.3 is 6.09 Å². The molecular weight excluding hydrogens is 396 g/mol. The molecule has 2 heterocycles. The van der Waals surface area contributed by atoms with E-state index in [2.05, 4.69) is 16.6 Å². The monoisotopic (exact) mass is 414 g/mol. The van der Waals surface area contributed by atoms with Gasteiger partial charge in [0.15, 0.2) is 11.5 Å². The predicted molar refractivity (Wildman–Crippen MR) is 105 cm³/mol. The van der Waals surface area contributed by atoms with Gasteiger partial charge in [0.2, 0.25) is 10.0 Å². The van der Waals surface area contributed by atoms with Crippen molar-refractivity contribution in [3.63, 3.8) is 0 Å². The van der Waals surface area contributed by atoms with Crippen molar-refractivity contribution in [1.82, 2.24) is 4.72 Å². The molecule has 1 fully saturated rings. The molecule has 0 saturated carbocycles. The largest absolute Gasteiger partial charge is 0.486 e. The number of carbonyl (C=O) groups is 1. The van der Waals surface area contributed by atoms with Crippen LogP contribution in [-0.2, 0) is 14.8 Å². The average molecular weight is 414 g/mol. The lowest BCUT2D eigenvalue weighted by molar-refractivity contribution is 0.171. The van der Waals surface area contributed by atoms with Gasteiger partial charge in [-0.25, -0.2) is 13.2 Å². The lowest BCUT2D eigenvalue weighted by Gasteiger charge is -2.18. The van der Waals surface area contributed by atoms with Crippen LogP contribution in [0.5, 0.6) is 11.5 Å². The number of fused-ring (bicyclic) bond motifs is 1. The van der Waals surface area contributed by atoms with Crippen LogP contribution in [0, 0.1) is 11.8 Å². The van der Waals surface area contributed by atoms with Crippen LogP contribution in [0.25, 0.3) is 0 Å². The Hall–Kier alpha value is -3.22. The van der Waals surface area contributed by atoms with Gasteiger partial charge in [0, 0.05) is 17.3 Å². The quantitative estimate of drug-likeness (QED) is 0.766. The smallest absolute Gasteiger partial charge is 0.414 e. The van der Waals surface area contributed by atoms with E-state index in [1.165, 1.54) is 12.1 Å². The van der Waals surface area contributed by atoms with Crippen molar-refractivity contribution in [2.24, 2.45) is 0 Å². The fourth-order valence-corrected chi connectivity index (χ4v) is 3.84. The number of cyclic esters (lactones) is 1. The molecule has 2 aliphatic heterocycles. The van der Waals surface area contributed by atoms with E-state index >= 15 is 0 Å². The molecule has 4 rings (SSSR count). The van der Waals surface area contributed by atoms with Gasteiger partial charge < -0.3 is 14.2 Å². The molecule has 1 saturated heterocycles. The zero-order chi connectivity index (χ0) is 20.3. The molecule has 0 unspecified atom stereocenters. The Morgan fingerprint density at radius 2 is 1.72 bits per heavy atom. The number of nitrogens with one attached hydrogen (secondary N) is 1. The van der Waals surface area contributed by atoms with Gasteiger partial charge in [-0.15, -0.1) is 0 Å². The van der Waals surface area contributed by atoms with Crippen LogP contribution in [0.1, 0.15) is 5.56 Å². The summed E-state index contributed by atoms with van der Waals surface area (Å²) in [6.07, 6.45) is -0.364. The van der Waals surface area contributed by atoms with Crippen molar-refractivity contribution in [2.45, 2.75) is 4.90 Å². The minimum atomic E-state index is -3.72. The maximum Gasteiger partial charge on any atom is 0.414 e. The first kappa shape index (κ1) is 19.1. The molecule has 1 amide bonds. The molecule has 2 aromatic carbocycles. The van der Waals surface area contributed by atoms with E-state index in [9.17, 15) is 13.2 Å². The first-order valence-electron chi connectivity index (χ1n) is 8.95. The topological polar surface area (TPSA) is 94.2 Å². The van der Waals surface area contributed by atoms with Crippen LogP contribution in [0.3, 0.4) is 0 Å². The second-order valence-electron chi connectivity index (χ2n) is 6.24. The van der Waals surface area contributed by atoms with E-state index in [4.69, 9.17) is 14.2 Å². The third-order valence-corrected chi connectivity index (χ3v) is 5.75. The zero-order valence-corrected chi connectivity index (χ0v) is 16.2. The number of ether oxygens (including phenoxy) is 3. The molecule has 0 aromatic heterocycles. The second-order valence-corrected chi connectivity index (χ2v) is 8.01. The molecule has 0 radical (unpaired) electrons. The summed E-state index contributed by atoms with van der Waals surface area (Å²) in [5, 5.41) is 0. The van der Waals surface area contributed by atoms with Gasteiger partial charge in [-0.2, -0.15) is 4.72 Å². The summed E-state index contributed by atoms with van der Waals surface area (Å²) in [4.78, 5) is 13.2. The van der Waals surface area contributed by atoms with E-state index in [0.717, 1.165) is 5.69 Å². The maximum absolute atomic E-state index is 12.4. The number of carbonyl (C=O) groups excluding carboxylic acids is 1. The number of anilines is 1. The summed E-state index contributed by atoms with van der Waals surface area (Å²) in [6, 6.07) is 11.6. The highest BCUT2D eigenvalue weighted by molar-refractivity contribution is 7.89. The van der Waals surface area contributed by atoms with Gasteiger partial charge in [0.05, 0.1) is 18.0 Å². The Morgan fingerprint density at radius 1 is 0.966 bits per heavy atom. The summed E-state index contributed by atoms with van der Waals surface area (Å²) in [6.45, 7) is 1.68. The lowest BCUT2D eigenvalue weighted by Crippen LogP contribution is -2.24. The molecule has 2 aliphatic rings. The van der Waals surface area contributed by atoms with Crippen LogP contribution >= 0.6 is 0 Å². The van der Waals surface area contributed by atoms with Crippen molar-refractivity contribution < 1.29 is 27.4 Å². The molecule has 9 heteroatoms. The zero-order valence-electron chi connectivity index (χ0n) is 15.4. The van der Waals surface area contributed by atoms with Crippen LogP contribution in [0.15, 0.2) is 47.4 Å². The third kappa shape index (κ3) is 4.29. The summed E-state index contributed by atoms with van der Waals surface area (Å²) in [5.74, 6) is 6.62. The summed E-state index contributed by atoms with van der Waals surface area (Å²) >= 11 is 0. The Balaban J connectivity index is 1.37. The third-order valence-electron chi connectivity index (χ3n) is 4.35. The molecule has 8 nitrogen and oxygen atoms in total. The summed E-state index contributed by atoms with van der Waals surface area (Å²) < 4.78 is 43.0. The van der Waals surface area contributed by atoms with Crippen molar-refractivity contribution in [3.8, 4) is 23.3 Å². The summed E-state index contributed by atoms with van der Waals surface area (Å²) in [7, 11) is -3.72. The van der Waals surface area contributed by atoms with Gasteiger partial charge in [-0.3, -0.25) is 4.90 Å². The first-order chi connectivity index (χ1) is 14.0. The van der Waals surface area contributed by atoms with E-state index in [0.29, 0.717) is 43.4 Å². The standard InChI is InChI=1S/C20H18N2O6S/c23-20-22(10-11-28-20)16-5-3-15(4-6-16)2-1-9-21-29(24,25)17-7-8-18-19(14-17)27-13-12-26-18/h3-8,14,21H,9-13H2. The van der Waals surface area contributed by atoms with Gasteiger partial charge in [-0.1, -0.05) is 11.8 Å². The normalized spacial score (nSPS) is 15.4. The predicted octanol–water partition coefficient (Wildman–Crippen LogP) is 1.74. The second kappa shape index (κ2) is 8.03. The fraction of sp³-hybridized carbons (Fsp3) is 0.250. The molecule has 0 aliphatic carbocycles. The molecule has 0 bridgehead atoms. The van der Waals surface area contributed by atoms with E-state index in [1.54, 1.807) is 35.2 Å². The highest BCUT2D eigenvalue weighted by Gasteiger charge is 2.23. The number of hydrogen-bond acceptors (Lipinski definition) is 6. The van der Waals surface area contributed by atoms with Gasteiger partial charge in [0.1, 0.15) is 19.8 Å². The molecule has 150 valence electrons. The van der Waals surface area contributed by atoms with Crippen molar-refractivity contribution in [1.29, 1.82) is 0 Å². The minimum absolute atomic E-state index is 0.0447.